The molecule has 1 heterocycles. The first kappa shape index (κ1) is 50.6. The molecule has 1 rings (SSSR count). The number of urea groups is 1. The quantitative estimate of drug-likeness (QED) is 0.164. The Morgan fingerprint density at radius 1 is 0.894 bits per heavy atom. The van der Waals surface area contributed by atoms with Crippen LogP contribution in [0.5, 0.6) is 0 Å². The summed E-state index contributed by atoms with van der Waals surface area (Å²) >= 11 is 0. The fourth-order valence-electron chi connectivity index (χ4n) is 3.74. The number of hydrogen-bond donors (Lipinski definition) is 3. The van der Waals surface area contributed by atoms with Crippen LogP contribution in [0, 0.1) is 11.8 Å². The topological polar surface area (TPSA) is 145 Å². The zero-order valence-corrected chi connectivity index (χ0v) is 32.4. The molecule has 1 aliphatic rings. The lowest BCUT2D eigenvalue weighted by Gasteiger charge is -2.31. The summed E-state index contributed by atoms with van der Waals surface area (Å²) in [5.41, 5.74) is 0. The van der Waals surface area contributed by atoms with Gasteiger partial charge in [-0.15, -0.1) is 6.58 Å². The maximum absolute atomic E-state index is 13.2. The van der Waals surface area contributed by atoms with Crippen LogP contribution in [0.1, 0.15) is 129 Å². The van der Waals surface area contributed by atoms with Crippen molar-refractivity contribution in [3.8, 4) is 0 Å². The highest BCUT2D eigenvalue weighted by molar-refractivity contribution is 6.38. The minimum atomic E-state index is -0.992. The summed E-state index contributed by atoms with van der Waals surface area (Å²) in [5, 5.41) is 7.53. The number of nitrogens with one attached hydrogen (secondary N) is 3. The van der Waals surface area contributed by atoms with E-state index in [1.807, 2.05) is 13.8 Å². The van der Waals surface area contributed by atoms with Crippen LogP contribution in [-0.2, 0) is 24.0 Å². The minimum Gasteiger partial charge on any atom is -0.344 e. The van der Waals surface area contributed by atoms with E-state index in [9.17, 15) is 28.8 Å². The normalized spacial score (nSPS) is 14.1. The first-order valence-corrected chi connectivity index (χ1v) is 17.6. The molecule has 1 fully saturated rings. The molecule has 0 aliphatic carbocycles. The highest BCUT2D eigenvalue weighted by Gasteiger charge is 2.39. The SMILES string of the molecule is C=CCN(C)C(=O)CNC(=O)NC(C(=O)N1CCCC1C(=O)NC(C)C(=O)C(C)=O)C(C)C.CC.CCC.CCC.CCC(C)CC. The van der Waals surface area contributed by atoms with Crippen molar-refractivity contribution in [2.75, 3.05) is 26.7 Å². The van der Waals surface area contributed by atoms with Crippen LogP contribution in [0.15, 0.2) is 12.7 Å². The van der Waals surface area contributed by atoms with E-state index in [0.717, 1.165) is 12.8 Å². The summed E-state index contributed by atoms with van der Waals surface area (Å²) < 4.78 is 0. The molecule has 276 valence electrons. The second-order valence-corrected chi connectivity index (χ2v) is 11.8. The van der Waals surface area contributed by atoms with Crippen LogP contribution in [0.2, 0.25) is 0 Å². The largest absolute Gasteiger partial charge is 0.344 e. The Balaban J connectivity index is -0.000000557. The van der Waals surface area contributed by atoms with Gasteiger partial charge in [0, 0.05) is 27.1 Å². The van der Waals surface area contributed by atoms with Crippen LogP contribution in [0.4, 0.5) is 4.79 Å². The van der Waals surface area contributed by atoms with Gasteiger partial charge in [-0.1, -0.05) is 108 Å². The molecule has 47 heavy (non-hydrogen) atoms. The van der Waals surface area contributed by atoms with E-state index in [-0.39, 0.29) is 18.4 Å². The number of likely N-dealkylation sites (tertiary alicyclic amines) is 1. The first-order chi connectivity index (χ1) is 22.0. The molecule has 1 aliphatic heterocycles. The number of nitrogens with zero attached hydrogens (tertiary/aromatic N) is 2. The third-order valence-electron chi connectivity index (χ3n) is 6.78. The zero-order valence-electron chi connectivity index (χ0n) is 32.4. The lowest BCUT2D eigenvalue weighted by Crippen LogP contribution is -2.58. The Bertz CT molecular complexity index is 902. The maximum atomic E-state index is 13.2. The summed E-state index contributed by atoms with van der Waals surface area (Å²) in [4.78, 5) is 76.0. The predicted molar refractivity (Wildman–Crippen MR) is 194 cm³/mol. The van der Waals surface area contributed by atoms with Crippen molar-refractivity contribution >= 4 is 35.3 Å². The van der Waals surface area contributed by atoms with Gasteiger partial charge >= 0.3 is 6.03 Å². The molecular formula is C36H71N5O6. The van der Waals surface area contributed by atoms with Crippen molar-refractivity contribution in [2.24, 2.45) is 11.8 Å². The molecule has 0 bridgehead atoms. The molecule has 11 nitrogen and oxygen atoms in total. The van der Waals surface area contributed by atoms with Gasteiger partial charge in [0.05, 0.1) is 12.6 Å². The monoisotopic (exact) mass is 670 g/mol. The van der Waals surface area contributed by atoms with Crippen LogP contribution < -0.4 is 16.0 Å². The van der Waals surface area contributed by atoms with Crippen molar-refractivity contribution in [2.45, 2.75) is 147 Å². The van der Waals surface area contributed by atoms with Gasteiger partial charge in [0.1, 0.15) is 12.1 Å². The molecule has 3 atom stereocenters. The number of likely N-dealkylation sites (N-methyl/N-ethyl adjacent to an activating group) is 1. The van der Waals surface area contributed by atoms with Gasteiger partial charge in [-0.3, -0.25) is 24.0 Å². The highest BCUT2D eigenvalue weighted by Crippen LogP contribution is 2.20. The number of amides is 5. The fourth-order valence-corrected chi connectivity index (χ4v) is 3.74. The molecule has 0 aromatic rings. The Hall–Kier alpha value is -3.24. The Morgan fingerprint density at radius 2 is 1.38 bits per heavy atom. The van der Waals surface area contributed by atoms with Crippen molar-refractivity contribution in [1.82, 2.24) is 25.8 Å². The number of carbonyl (C=O) groups is 6. The molecule has 0 radical (unpaired) electrons. The van der Waals surface area contributed by atoms with Gasteiger partial charge in [0.15, 0.2) is 5.78 Å². The third-order valence-corrected chi connectivity index (χ3v) is 6.78. The zero-order chi connectivity index (χ0) is 37.7. The van der Waals surface area contributed by atoms with Crippen molar-refractivity contribution in [1.29, 1.82) is 0 Å². The van der Waals surface area contributed by atoms with E-state index in [1.54, 1.807) is 27.0 Å². The molecule has 3 N–H and O–H groups in total. The lowest BCUT2D eigenvalue weighted by molar-refractivity contribution is -0.142. The van der Waals surface area contributed by atoms with Crippen LogP contribution in [0.25, 0.3) is 0 Å². The number of hydrogen-bond acceptors (Lipinski definition) is 6. The van der Waals surface area contributed by atoms with E-state index in [1.165, 1.54) is 42.4 Å². The predicted octanol–water partition coefficient (Wildman–Crippen LogP) is 5.91. The van der Waals surface area contributed by atoms with E-state index in [4.69, 9.17) is 0 Å². The standard InChI is InChI=1S/C22H35N5O6.C6H14.2C3H8.C2H6/c1-7-10-26(6)17(29)12-23-22(33)25-18(13(2)3)21(32)27-11-8-9-16(27)20(31)24-14(4)19(30)15(5)28;1-4-6(3)5-2;2*1-3-2;1-2/h7,13-14,16,18H,1,8-12H2,2-6H3,(H,24,31)(H2,23,25,33);6H,4-5H2,1-3H3;2*3H2,1-2H3;1-2H3. The molecule has 3 unspecified atom stereocenters. The molecule has 5 amide bonds. The fraction of sp³-hybridized carbons (Fsp3) is 0.778. The number of Topliss-reactive ketones (excluding diaryl/α,β-unsaturated/α-hetero) is 2. The summed E-state index contributed by atoms with van der Waals surface area (Å²) in [6.45, 7) is 29.3. The first-order valence-electron chi connectivity index (χ1n) is 17.6. The van der Waals surface area contributed by atoms with E-state index < -0.39 is 47.5 Å². The van der Waals surface area contributed by atoms with Gasteiger partial charge in [-0.05, 0) is 31.6 Å². The summed E-state index contributed by atoms with van der Waals surface area (Å²) in [6.07, 6.45) is 7.71. The van der Waals surface area contributed by atoms with Gasteiger partial charge in [0.25, 0.3) is 0 Å². The Labute approximate surface area is 287 Å². The number of ketones is 2. The highest BCUT2D eigenvalue weighted by atomic mass is 16.2. The van der Waals surface area contributed by atoms with Crippen molar-refractivity contribution in [3.63, 3.8) is 0 Å². The molecule has 0 aromatic heterocycles. The van der Waals surface area contributed by atoms with Gasteiger partial charge in [0.2, 0.25) is 23.5 Å². The Morgan fingerprint density at radius 3 is 1.77 bits per heavy atom. The van der Waals surface area contributed by atoms with Crippen LogP contribution in [-0.4, -0.2) is 89.9 Å². The van der Waals surface area contributed by atoms with Crippen molar-refractivity contribution in [3.05, 3.63) is 12.7 Å². The molecule has 0 aromatic carbocycles. The summed E-state index contributed by atoms with van der Waals surface area (Å²) in [5.74, 6) is -2.00. The van der Waals surface area contributed by atoms with E-state index in [2.05, 4.69) is 71.0 Å². The number of carbonyl (C=O) groups excluding carboxylic acids is 6. The van der Waals surface area contributed by atoms with E-state index >= 15 is 0 Å². The number of rotatable bonds is 13. The second-order valence-electron chi connectivity index (χ2n) is 11.8. The van der Waals surface area contributed by atoms with Crippen LogP contribution >= 0.6 is 0 Å². The third kappa shape index (κ3) is 23.7. The average Bonchev–Trinajstić information content (AvgIpc) is 3.53. The average molecular weight is 670 g/mol. The molecule has 11 heteroatoms. The lowest BCUT2D eigenvalue weighted by atomic mass is 10.0. The second kappa shape index (κ2) is 31.4. The Kier molecular flexibility index (Phi) is 33.8. The minimum absolute atomic E-state index is 0.244. The van der Waals surface area contributed by atoms with Crippen molar-refractivity contribution < 1.29 is 28.8 Å². The van der Waals surface area contributed by atoms with Gasteiger partial charge < -0.3 is 25.8 Å². The van der Waals surface area contributed by atoms with E-state index in [0.29, 0.717) is 25.9 Å². The molecular weight excluding hydrogens is 598 g/mol. The molecule has 0 saturated carbocycles. The molecule has 1 saturated heterocycles. The van der Waals surface area contributed by atoms with Gasteiger partial charge in [-0.25, -0.2) is 4.79 Å². The van der Waals surface area contributed by atoms with Gasteiger partial charge in [-0.2, -0.15) is 0 Å². The molecule has 0 spiro atoms. The smallest absolute Gasteiger partial charge is 0.315 e. The summed E-state index contributed by atoms with van der Waals surface area (Å²) in [6, 6.07) is -3.40. The summed E-state index contributed by atoms with van der Waals surface area (Å²) in [7, 11) is 1.58. The van der Waals surface area contributed by atoms with Crippen LogP contribution in [0.3, 0.4) is 0 Å². The maximum Gasteiger partial charge on any atom is 0.315 e.